The van der Waals surface area contributed by atoms with Gasteiger partial charge in [0.1, 0.15) is 0 Å². The highest BCUT2D eigenvalue weighted by Crippen LogP contribution is 2.55. The van der Waals surface area contributed by atoms with Gasteiger partial charge in [0, 0.05) is 17.3 Å². The lowest BCUT2D eigenvalue weighted by molar-refractivity contribution is -0.116. The number of carbonyl (C=O) groups is 1. The molecule has 4 aliphatic carbocycles. The van der Waals surface area contributed by atoms with E-state index in [1.165, 1.54) is 38.5 Å². The van der Waals surface area contributed by atoms with Crippen LogP contribution in [0.25, 0.3) is 0 Å². The average molecular weight is 328 g/mol. The van der Waals surface area contributed by atoms with Crippen molar-refractivity contribution in [2.45, 2.75) is 44.1 Å². The van der Waals surface area contributed by atoms with Gasteiger partial charge in [0.15, 0.2) is 11.5 Å². The molecule has 5 nitrogen and oxygen atoms in total. The fraction of sp³-hybridized carbons (Fsp3) is 0.632. The second-order valence-electron chi connectivity index (χ2n) is 8.17. The van der Waals surface area contributed by atoms with Crippen molar-refractivity contribution < 1.29 is 14.3 Å². The van der Waals surface area contributed by atoms with E-state index in [4.69, 9.17) is 9.47 Å². The third-order valence-electron chi connectivity index (χ3n) is 6.32. The first-order valence-corrected chi connectivity index (χ1v) is 9.12. The zero-order chi connectivity index (χ0) is 16.1. The van der Waals surface area contributed by atoms with Gasteiger partial charge in [0.2, 0.25) is 12.7 Å². The Morgan fingerprint density at radius 3 is 2.42 bits per heavy atom. The quantitative estimate of drug-likeness (QED) is 0.892. The Hall–Kier alpha value is -1.75. The number of benzene rings is 1. The normalized spacial score (nSPS) is 35.2. The highest BCUT2D eigenvalue weighted by molar-refractivity contribution is 5.92. The minimum absolute atomic E-state index is 0.0182. The molecule has 4 saturated carbocycles. The number of fused-ring (bicyclic) bond motifs is 1. The molecule has 24 heavy (non-hydrogen) atoms. The van der Waals surface area contributed by atoms with Gasteiger partial charge in [-0.2, -0.15) is 0 Å². The zero-order valence-corrected chi connectivity index (χ0v) is 13.8. The largest absolute Gasteiger partial charge is 0.454 e. The maximum absolute atomic E-state index is 12.4. The van der Waals surface area contributed by atoms with E-state index in [9.17, 15) is 4.79 Å². The molecule has 4 fully saturated rings. The predicted molar refractivity (Wildman–Crippen MR) is 90.1 cm³/mol. The third kappa shape index (κ3) is 2.55. The summed E-state index contributed by atoms with van der Waals surface area (Å²) in [5, 5.41) is 6.60. The van der Waals surface area contributed by atoms with Crippen LogP contribution in [0.5, 0.6) is 11.5 Å². The molecule has 0 atom stereocenters. The van der Waals surface area contributed by atoms with Gasteiger partial charge >= 0.3 is 0 Å². The molecule has 1 aromatic carbocycles. The van der Waals surface area contributed by atoms with Gasteiger partial charge in [-0.15, -0.1) is 0 Å². The number of anilines is 1. The maximum atomic E-state index is 12.4. The lowest BCUT2D eigenvalue weighted by Crippen LogP contribution is -2.59. The molecular weight excluding hydrogens is 304 g/mol. The van der Waals surface area contributed by atoms with E-state index in [2.05, 4.69) is 10.6 Å². The van der Waals surface area contributed by atoms with Crippen LogP contribution in [0, 0.1) is 17.8 Å². The van der Waals surface area contributed by atoms with Crippen LogP contribution in [0.2, 0.25) is 0 Å². The molecule has 0 saturated heterocycles. The van der Waals surface area contributed by atoms with E-state index in [-0.39, 0.29) is 18.2 Å². The molecule has 1 aromatic rings. The number of amides is 1. The monoisotopic (exact) mass is 328 g/mol. The highest BCUT2D eigenvalue weighted by atomic mass is 16.7. The first-order valence-electron chi connectivity index (χ1n) is 9.12. The number of ether oxygens (including phenoxy) is 2. The van der Waals surface area contributed by atoms with Crippen LogP contribution in [-0.2, 0) is 4.79 Å². The van der Waals surface area contributed by atoms with Gasteiger partial charge < -0.3 is 20.1 Å². The third-order valence-corrected chi connectivity index (χ3v) is 6.32. The van der Waals surface area contributed by atoms with Crippen LogP contribution in [-0.4, -0.2) is 24.8 Å². The summed E-state index contributed by atoms with van der Waals surface area (Å²) in [7, 11) is 0. The van der Waals surface area contributed by atoms with Gasteiger partial charge in [0.25, 0.3) is 0 Å². The van der Waals surface area contributed by atoms with E-state index < -0.39 is 0 Å². The van der Waals surface area contributed by atoms with Gasteiger partial charge in [-0.05, 0) is 68.4 Å². The molecule has 4 bridgehead atoms. The van der Waals surface area contributed by atoms with E-state index in [1.54, 1.807) is 0 Å². The molecule has 0 unspecified atom stereocenters. The number of carbonyl (C=O) groups excluding carboxylic acids is 1. The number of rotatable bonds is 4. The van der Waals surface area contributed by atoms with Crippen LogP contribution in [0.1, 0.15) is 38.5 Å². The summed E-state index contributed by atoms with van der Waals surface area (Å²) >= 11 is 0. The molecule has 1 amide bonds. The summed E-state index contributed by atoms with van der Waals surface area (Å²) in [6, 6.07) is 5.52. The molecule has 5 heteroatoms. The van der Waals surface area contributed by atoms with Crippen molar-refractivity contribution in [3.63, 3.8) is 0 Å². The molecule has 128 valence electrons. The fourth-order valence-corrected chi connectivity index (χ4v) is 5.77. The Bertz CT molecular complexity index is 637. The lowest BCUT2D eigenvalue weighted by Gasteiger charge is -2.57. The van der Waals surface area contributed by atoms with Crippen molar-refractivity contribution >= 4 is 11.6 Å². The van der Waals surface area contributed by atoms with Gasteiger partial charge in [0.05, 0.1) is 6.54 Å². The molecule has 0 spiro atoms. The molecule has 0 aromatic heterocycles. The van der Waals surface area contributed by atoms with Crippen molar-refractivity contribution in [3.8, 4) is 11.5 Å². The summed E-state index contributed by atoms with van der Waals surface area (Å²) in [4.78, 5) is 12.4. The van der Waals surface area contributed by atoms with Crippen LogP contribution < -0.4 is 20.1 Å². The Morgan fingerprint density at radius 2 is 1.71 bits per heavy atom. The molecular formula is C19H24N2O3. The van der Waals surface area contributed by atoms with Crippen LogP contribution >= 0.6 is 0 Å². The van der Waals surface area contributed by atoms with Crippen molar-refractivity contribution in [1.82, 2.24) is 5.32 Å². The molecule has 5 aliphatic rings. The summed E-state index contributed by atoms with van der Waals surface area (Å²) in [6.07, 6.45) is 8.04. The minimum atomic E-state index is 0.0182. The standard InChI is InChI=1S/C19H24N2O3/c22-18(21-15-1-2-16-17(6-15)24-11-23-16)10-20-19-7-12-3-13(8-19)5-14(4-12)9-19/h1-2,6,12-14,20H,3-5,7-11H2,(H,21,22). The molecule has 1 aliphatic heterocycles. The summed E-state index contributed by atoms with van der Waals surface area (Å²) in [5.74, 6) is 4.12. The van der Waals surface area contributed by atoms with E-state index in [0.717, 1.165) is 29.2 Å². The molecule has 6 rings (SSSR count). The number of hydrogen-bond acceptors (Lipinski definition) is 4. The van der Waals surface area contributed by atoms with E-state index in [0.29, 0.717) is 12.3 Å². The van der Waals surface area contributed by atoms with Crippen molar-refractivity contribution in [3.05, 3.63) is 18.2 Å². The van der Waals surface area contributed by atoms with Crippen LogP contribution in [0.15, 0.2) is 18.2 Å². The minimum Gasteiger partial charge on any atom is -0.454 e. The van der Waals surface area contributed by atoms with Gasteiger partial charge in [-0.3, -0.25) is 4.79 Å². The van der Waals surface area contributed by atoms with Crippen molar-refractivity contribution in [2.24, 2.45) is 17.8 Å². The van der Waals surface area contributed by atoms with E-state index in [1.807, 2.05) is 18.2 Å². The first-order chi connectivity index (χ1) is 11.7. The second-order valence-corrected chi connectivity index (χ2v) is 8.17. The molecule has 1 heterocycles. The molecule has 2 N–H and O–H groups in total. The summed E-state index contributed by atoms with van der Waals surface area (Å²) < 4.78 is 10.7. The van der Waals surface area contributed by atoms with Crippen LogP contribution in [0.4, 0.5) is 5.69 Å². The lowest BCUT2D eigenvalue weighted by atomic mass is 9.53. The first kappa shape index (κ1) is 14.6. The smallest absolute Gasteiger partial charge is 0.238 e. The Kier molecular flexibility index (Phi) is 3.27. The number of nitrogens with one attached hydrogen (secondary N) is 2. The Balaban J connectivity index is 1.20. The van der Waals surface area contributed by atoms with Crippen LogP contribution in [0.3, 0.4) is 0 Å². The maximum Gasteiger partial charge on any atom is 0.238 e. The van der Waals surface area contributed by atoms with E-state index >= 15 is 0 Å². The Labute approximate surface area is 142 Å². The van der Waals surface area contributed by atoms with Gasteiger partial charge in [-0.1, -0.05) is 0 Å². The summed E-state index contributed by atoms with van der Waals surface area (Å²) in [6.45, 7) is 0.640. The topological polar surface area (TPSA) is 59.6 Å². The Morgan fingerprint density at radius 1 is 1.04 bits per heavy atom. The average Bonchev–Trinajstić information content (AvgIpc) is 2.99. The highest BCUT2D eigenvalue weighted by Gasteiger charge is 2.50. The van der Waals surface area contributed by atoms with Crippen molar-refractivity contribution in [2.75, 3.05) is 18.7 Å². The van der Waals surface area contributed by atoms with Gasteiger partial charge in [-0.25, -0.2) is 0 Å². The predicted octanol–water partition coefficient (Wildman–Crippen LogP) is 2.91. The summed E-state index contributed by atoms with van der Waals surface area (Å²) in [5.41, 5.74) is 0.984. The van der Waals surface area contributed by atoms with Crippen molar-refractivity contribution in [1.29, 1.82) is 0 Å². The zero-order valence-electron chi connectivity index (χ0n) is 13.8. The SMILES string of the molecule is O=C(CNC12CC3CC(CC(C3)C1)C2)Nc1ccc2c(c1)OCO2. The number of hydrogen-bond donors (Lipinski definition) is 2. The molecule has 0 radical (unpaired) electrons. The second kappa shape index (κ2) is 5.38. The fourth-order valence-electron chi connectivity index (χ4n) is 5.77.